The molecule has 6 nitrogen and oxygen atoms in total. The number of hydrogen-bond donors (Lipinski definition) is 1. The fourth-order valence-corrected chi connectivity index (χ4v) is 4.65. The van der Waals surface area contributed by atoms with Crippen LogP contribution in [0.25, 0.3) is 0 Å². The lowest BCUT2D eigenvalue weighted by Crippen LogP contribution is -2.44. The predicted molar refractivity (Wildman–Crippen MR) is 89.7 cm³/mol. The van der Waals surface area contributed by atoms with Crippen LogP contribution in [0.5, 0.6) is 0 Å². The van der Waals surface area contributed by atoms with Gasteiger partial charge in [0.25, 0.3) is 0 Å². The van der Waals surface area contributed by atoms with E-state index in [4.69, 9.17) is 10.5 Å². The van der Waals surface area contributed by atoms with Gasteiger partial charge in [0, 0.05) is 19.1 Å². The molecule has 0 bridgehead atoms. The van der Waals surface area contributed by atoms with Gasteiger partial charge in [0.15, 0.2) is 0 Å². The highest BCUT2D eigenvalue weighted by atomic mass is 32.1. The number of esters is 1. The molecule has 3 heterocycles. The summed E-state index contributed by atoms with van der Waals surface area (Å²) in [6, 6.07) is 1.99. The van der Waals surface area contributed by atoms with E-state index in [-0.39, 0.29) is 11.9 Å². The van der Waals surface area contributed by atoms with E-state index in [1.165, 1.54) is 18.4 Å². The molecule has 0 aromatic carbocycles. The molecule has 2 aliphatic heterocycles. The Morgan fingerprint density at radius 1 is 1.52 bits per heavy atom. The molecule has 0 aliphatic carbocycles. The van der Waals surface area contributed by atoms with Gasteiger partial charge in [-0.25, -0.2) is 4.79 Å². The Labute approximate surface area is 140 Å². The monoisotopic (exact) mass is 337 g/mol. The van der Waals surface area contributed by atoms with Crippen LogP contribution in [0.15, 0.2) is 11.4 Å². The number of ether oxygens (including phenoxy) is 1. The molecule has 0 radical (unpaired) electrons. The van der Waals surface area contributed by atoms with Crippen molar-refractivity contribution in [3.05, 3.63) is 17.0 Å². The molecule has 3 atom stereocenters. The minimum atomic E-state index is -0.393. The Bertz CT molecular complexity index is 603. The molecule has 7 heteroatoms. The zero-order valence-electron chi connectivity index (χ0n) is 13.5. The van der Waals surface area contributed by atoms with E-state index in [1.54, 1.807) is 11.0 Å². The Kier molecular flexibility index (Phi) is 4.70. The molecular formula is C16H23N3O3S. The van der Waals surface area contributed by atoms with Crippen molar-refractivity contribution in [2.75, 3.05) is 31.6 Å². The fourth-order valence-electron chi connectivity index (χ4n) is 3.73. The van der Waals surface area contributed by atoms with Crippen molar-refractivity contribution in [1.82, 2.24) is 4.90 Å². The van der Waals surface area contributed by atoms with Crippen LogP contribution in [0.3, 0.4) is 0 Å². The number of anilines is 1. The van der Waals surface area contributed by atoms with Gasteiger partial charge in [-0.2, -0.15) is 0 Å². The van der Waals surface area contributed by atoms with Gasteiger partial charge in [-0.1, -0.05) is 0 Å². The molecule has 126 valence electrons. The second kappa shape index (κ2) is 6.59. The van der Waals surface area contributed by atoms with E-state index in [0.29, 0.717) is 35.6 Å². The molecule has 3 rings (SSSR count). The first-order chi connectivity index (χ1) is 11.1. The summed E-state index contributed by atoms with van der Waals surface area (Å²) in [6.07, 6.45) is 1.84. The summed E-state index contributed by atoms with van der Waals surface area (Å²) in [7, 11) is 1.36. The molecule has 23 heavy (non-hydrogen) atoms. The Morgan fingerprint density at radius 3 is 2.96 bits per heavy atom. The third-order valence-corrected chi connectivity index (χ3v) is 5.85. The standard InChI is InChI=1S/C16H23N3O3S/c1-10-7-11(8-17)9-19(10)13-3-5-18(14(13)20)15-12(4-6-23-15)16(21)22-2/h4,6,10-11,13H,3,5,7-9,17H2,1-2H3. The van der Waals surface area contributed by atoms with E-state index in [1.807, 2.05) is 5.38 Å². The Hall–Kier alpha value is -1.44. The van der Waals surface area contributed by atoms with Crippen LogP contribution in [0, 0.1) is 5.92 Å². The quantitative estimate of drug-likeness (QED) is 0.839. The fraction of sp³-hybridized carbons (Fsp3) is 0.625. The minimum absolute atomic E-state index is 0.0853. The van der Waals surface area contributed by atoms with Crippen molar-refractivity contribution in [1.29, 1.82) is 0 Å². The van der Waals surface area contributed by atoms with Crippen LogP contribution in [-0.4, -0.2) is 55.6 Å². The van der Waals surface area contributed by atoms with Crippen molar-refractivity contribution in [2.45, 2.75) is 31.8 Å². The molecule has 2 aliphatic rings. The van der Waals surface area contributed by atoms with Crippen LogP contribution >= 0.6 is 11.3 Å². The SMILES string of the molecule is COC(=O)c1ccsc1N1CCC(N2CC(CN)CC2C)C1=O. The number of carbonyl (C=O) groups excluding carboxylic acids is 2. The third-order valence-electron chi connectivity index (χ3n) is 4.92. The summed E-state index contributed by atoms with van der Waals surface area (Å²) in [4.78, 5) is 28.8. The molecule has 2 N–H and O–H groups in total. The maximum Gasteiger partial charge on any atom is 0.340 e. The summed E-state index contributed by atoms with van der Waals surface area (Å²) in [5, 5.41) is 2.53. The van der Waals surface area contributed by atoms with Crippen molar-refractivity contribution in [3.8, 4) is 0 Å². The Morgan fingerprint density at radius 2 is 2.30 bits per heavy atom. The van der Waals surface area contributed by atoms with Gasteiger partial charge in [-0.05, 0) is 43.7 Å². The van der Waals surface area contributed by atoms with Crippen LogP contribution in [0.1, 0.15) is 30.1 Å². The lowest BCUT2D eigenvalue weighted by atomic mass is 10.1. The molecule has 1 aromatic heterocycles. The summed E-state index contributed by atoms with van der Waals surface area (Å²) >= 11 is 1.41. The highest BCUT2D eigenvalue weighted by Crippen LogP contribution is 2.35. The van der Waals surface area contributed by atoms with E-state index in [9.17, 15) is 9.59 Å². The first-order valence-electron chi connectivity index (χ1n) is 7.99. The van der Waals surface area contributed by atoms with E-state index < -0.39 is 5.97 Å². The number of likely N-dealkylation sites (tertiary alicyclic amines) is 1. The van der Waals surface area contributed by atoms with Gasteiger partial charge in [0.2, 0.25) is 5.91 Å². The molecule has 3 unspecified atom stereocenters. The predicted octanol–water partition coefficient (Wildman–Crippen LogP) is 1.31. The lowest BCUT2D eigenvalue weighted by Gasteiger charge is -2.27. The number of rotatable bonds is 4. The molecular weight excluding hydrogens is 314 g/mol. The van der Waals surface area contributed by atoms with Crippen molar-refractivity contribution in [2.24, 2.45) is 11.7 Å². The number of hydrogen-bond acceptors (Lipinski definition) is 6. The van der Waals surface area contributed by atoms with Crippen molar-refractivity contribution >= 4 is 28.2 Å². The van der Waals surface area contributed by atoms with Gasteiger partial charge < -0.3 is 15.4 Å². The average molecular weight is 337 g/mol. The molecule has 0 spiro atoms. The van der Waals surface area contributed by atoms with Gasteiger partial charge in [-0.15, -0.1) is 11.3 Å². The van der Waals surface area contributed by atoms with Crippen LogP contribution in [0.2, 0.25) is 0 Å². The van der Waals surface area contributed by atoms with Gasteiger partial charge in [0.1, 0.15) is 5.00 Å². The molecule has 1 amide bonds. The number of nitrogens with zero attached hydrogens (tertiary/aromatic N) is 2. The average Bonchev–Trinajstić information content (AvgIpc) is 3.24. The smallest absolute Gasteiger partial charge is 0.340 e. The zero-order chi connectivity index (χ0) is 16.6. The van der Waals surface area contributed by atoms with Crippen LogP contribution in [0.4, 0.5) is 5.00 Å². The highest BCUT2D eigenvalue weighted by molar-refractivity contribution is 7.14. The van der Waals surface area contributed by atoms with E-state index in [0.717, 1.165) is 19.4 Å². The lowest BCUT2D eigenvalue weighted by molar-refractivity contribution is -0.121. The van der Waals surface area contributed by atoms with E-state index in [2.05, 4.69) is 11.8 Å². The molecule has 2 fully saturated rings. The summed E-state index contributed by atoms with van der Waals surface area (Å²) in [5.41, 5.74) is 6.27. The number of methoxy groups -OCH3 is 1. The first-order valence-corrected chi connectivity index (χ1v) is 8.87. The molecule has 1 aromatic rings. The molecule has 0 saturated carbocycles. The Balaban J connectivity index is 1.77. The normalized spacial score (nSPS) is 28.6. The van der Waals surface area contributed by atoms with Gasteiger partial charge in [-0.3, -0.25) is 9.69 Å². The van der Waals surface area contributed by atoms with Gasteiger partial charge in [0.05, 0.1) is 18.7 Å². The number of thiophene rings is 1. The molecule has 2 saturated heterocycles. The second-order valence-corrected chi connectivity index (χ2v) is 7.20. The van der Waals surface area contributed by atoms with Crippen LogP contribution < -0.4 is 10.6 Å². The van der Waals surface area contributed by atoms with Crippen molar-refractivity contribution in [3.63, 3.8) is 0 Å². The van der Waals surface area contributed by atoms with Crippen molar-refractivity contribution < 1.29 is 14.3 Å². The number of amides is 1. The number of nitrogens with two attached hydrogens (primary N) is 1. The van der Waals surface area contributed by atoms with E-state index >= 15 is 0 Å². The summed E-state index contributed by atoms with van der Waals surface area (Å²) in [5.74, 6) is 0.163. The second-order valence-electron chi connectivity index (χ2n) is 6.31. The van der Waals surface area contributed by atoms with Gasteiger partial charge >= 0.3 is 5.97 Å². The number of carbonyl (C=O) groups is 2. The maximum atomic E-state index is 12.9. The zero-order valence-corrected chi connectivity index (χ0v) is 14.3. The third kappa shape index (κ3) is 2.88. The topological polar surface area (TPSA) is 75.9 Å². The first kappa shape index (κ1) is 16.4. The largest absolute Gasteiger partial charge is 0.465 e. The summed E-state index contributed by atoms with van der Waals surface area (Å²) in [6.45, 7) is 4.36. The highest BCUT2D eigenvalue weighted by Gasteiger charge is 2.43. The van der Waals surface area contributed by atoms with Crippen LogP contribution in [-0.2, 0) is 9.53 Å². The summed E-state index contributed by atoms with van der Waals surface area (Å²) < 4.78 is 4.81. The minimum Gasteiger partial charge on any atom is -0.465 e. The maximum absolute atomic E-state index is 12.9.